The van der Waals surface area contributed by atoms with Crippen molar-refractivity contribution >= 4 is 12.1 Å². The molecular formula is C14H22F3NO4. The van der Waals surface area contributed by atoms with Gasteiger partial charge in [0, 0.05) is 12.5 Å². The third kappa shape index (κ3) is 5.73. The minimum atomic E-state index is -4.39. The Morgan fingerprint density at radius 1 is 1.32 bits per heavy atom. The summed E-state index contributed by atoms with van der Waals surface area (Å²) in [7, 11) is 0. The summed E-state index contributed by atoms with van der Waals surface area (Å²) >= 11 is 0. The van der Waals surface area contributed by atoms with Gasteiger partial charge in [0.2, 0.25) is 0 Å². The first-order valence-corrected chi connectivity index (χ1v) is 7.13. The van der Waals surface area contributed by atoms with Gasteiger partial charge in [0.15, 0.2) is 0 Å². The maximum absolute atomic E-state index is 12.4. The zero-order valence-corrected chi connectivity index (χ0v) is 12.9. The largest absolute Gasteiger partial charge is 0.481 e. The predicted molar refractivity (Wildman–Crippen MR) is 72.4 cm³/mol. The zero-order valence-electron chi connectivity index (χ0n) is 12.9. The molecule has 1 saturated carbocycles. The van der Waals surface area contributed by atoms with E-state index in [0.717, 1.165) is 0 Å². The lowest BCUT2D eigenvalue weighted by Gasteiger charge is -2.25. The summed E-state index contributed by atoms with van der Waals surface area (Å²) in [5.41, 5.74) is -2.13. The molecule has 0 aromatic carbocycles. The highest BCUT2D eigenvalue weighted by Crippen LogP contribution is 2.44. The molecule has 1 amide bonds. The molecule has 0 saturated heterocycles. The minimum absolute atomic E-state index is 0.0162. The van der Waals surface area contributed by atoms with Crippen LogP contribution in [0.2, 0.25) is 0 Å². The van der Waals surface area contributed by atoms with E-state index in [4.69, 9.17) is 4.74 Å². The number of carbonyl (C=O) groups excluding carboxylic acids is 1. The summed E-state index contributed by atoms with van der Waals surface area (Å²) in [5.74, 6) is -1.25. The fraction of sp³-hybridized carbons (Fsp3) is 0.857. The number of alkyl carbamates (subject to hydrolysis) is 1. The van der Waals surface area contributed by atoms with Crippen LogP contribution in [0.3, 0.4) is 0 Å². The van der Waals surface area contributed by atoms with E-state index in [0.29, 0.717) is 6.42 Å². The van der Waals surface area contributed by atoms with Crippen LogP contribution in [0.1, 0.15) is 52.9 Å². The van der Waals surface area contributed by atoms with E-state index in [2.05, 4.69) is 5.32 Å². The van der Waals surface area contributed by atoms with Gasteiger partial charge < -0.3 is 15.2 Å². The first-order chi connectivity index (χ1) is 9.83. The maximum atomic E-state index is 12.4. The Morgan fingerprint density at radius 2 is 1.91 bits per heavy atom. The third-order valence-corrected chi connectivity index (χ3v) is 3.67. The number of hydrogen-bond acceptors (Lipinski definition) is 3. The lowest BCUT2D eigenvalue weighted by Crippen LogP contribution is -2.39. The first kappa shape index (κ1) is 18.6. The standard InChI is InChI=1S/C14H22F3NO4/c1-12(2,3)22-11(21)18-9-4-5-13(8-9,10(19)20)6-7-14(15,16)17/h9H,4-8H2,1-3H3,(H,18,21)(H,19,20)/t9-,13-/m1/s1. The molecule has 1 aliphatic carbocycles. The van der Waals surface area contributed by atoms with E-state index >= 15 is 0 Å². The van der Waals surface area contributed by atoms with Crippen LogP contribution in [0.15, 0.2) is 0 Å². The molecule has 0 aromatic heterocycles. The van der Waals surface area contributed by atoms with Gasteiger partial charge in [-0.2, -0.15) is 13.2 Å². The minimum Gasteiger partial charge on any atom is -0.481 e. The molecule has 0 heterocycles. The van der Waals surface area contributed by atoms with Gasteiger partial charge in [0.25, 0.3) is 0 Å². The summed E-state index contributed by atoms with van der Waals surface area (Å²) in [6, 6.07) is -0.487. The van der Waals surface area contributed by atoms with Crippen molar-refractivity contribution in [3.63, 3.8) is 0 Å². The molecule has 0 radical (unpaired) electrons. The van der Waals surface area contributed by atoms with Crippen LogP contribution in [0.4, 0.5) is 18.0 Å². The molecule has 0 unspecified atom stereocenters. The number of carbonyl (C=O) groups is 2. The molecule has 22 heavy (non-hydrogen) atoms. The second-order valence-electron chi connectivity index (χ2n) is 6.79. The molecule has 1 rings (SSSR count). The molecule has 0 bridgehead atoms. The molecule has 2 N–H and O–H groups in total. The van der Waals surface area contributed by atoms with Gasteiger partial charge in [-0.15, -0.1) is 0 Å². The normalized spacial score (nSPS) is 25.8. The molecule has 1 fully saturated rings. The molecule has 0 aromatic rings. The summed E-state index contributed by atoms with van der Waals surface area (Å²) in [6.45, 7) is 5.06. The molecule has 1 aliphatic rings. The summed E-state index contributed by atoms with van der Waals surface area (Å²) in [6.07, 6.45) is -6.27. The van der Waals surface area contributed by atoms with Crippen LogP contribution in [0, 0.1) is 5.41 Å². The van der Waals surface area contributed by atoms with Crippen molar-refractivity contribution in [2.24, 2.45) is 5.41 Å². The van der Waals surface area contributed by atoms with Crippen molar-refractivity contribution in [2.75, 3.05) is 0 Å². The molecule has 0 aliphatic heterocycles. The van der Waals surface area contributed by atoms with Gasteiger partial charge in [-0.05, 0) is 46.5 Å². The highest BCUT2D eigenvalue weighted by Gasteiger charge is 2.47. The van der Waals surface area contributed by atoms with Crippen LogP contribution in [0.5, 0.6) is 0 Å². The highest BCUT2D eigenvalue weighted by molar-refractivity contribution is 5.75. The van der Waals surface area contributed by atoms with Crippen LogP contribution < -0.4 is 5.32 Å². The number of ether oxygens (including phenoxy) is 1. The topological polar surface area (TPSA) is 75.6 Å². The Balaban J connectivity index is 2.63. The van der Waals surface area contributed by atoms with Crippen molar-refractivity contribution in [3.8, 4) is 0 Å². The number of aliphatic carboxylic acids is 1. The van der Waals surface area contributed by atoms with Crippen LogP contribution in [-0.2, 0) is 9.53 Å². The van der Waals surface area contributed by atoms with Crippen molar-refractivity contribution in [3.05, 3.63) is 0 Å². The number of carboxylic acids is 1. The lowest BCUT2D eigenvalue weighted by molar-refractivity contribution is -0.157. The Labute approximate surface area is 127 Å². The highest BCUT2D eigenvalue weighted by atomic mass is 19.4. The summed E-state index contributed by atoms with van der Waals surface area (Å²) in [5, 5.41) is 11.8. The molecule has 128 valence electrons. The molecule has 8 heteroatoms. The van der Waals surface area contributed by atoms with Crippen LogP contribution in [0.25, 0.3) is 0 Å². The van der Waals surface area contributed by atoms with Crippen molar-refractivity contribution in [2.45, 2.75) is 70.7 Å². The van der Waals surface area contributed by atoms with Gasteiger partial charge in [-0.1, -0.05) is 0 Å². The quantitative estimate of drug-likeness (QED) is 0.830. The smallest absolute Gasteiger partial charge is 0.407 e. The second kappa shape index (κ2) is 6.34. The van der Waals surface area contributed by atoms with E-state index < -0.39 is 48.1 Å². The fourth-order valence-corrected chi connectivity index (χ4v) is 2.63. The predicted octanol–water partition coefficient (Wildman–Crippen LogP) is 3.48. The van der Waals surface area contributed by atoms with Crippen molar-refractivity contribution < 1.29 is 32.6 Å². The van der Waals surface area contributed by atoms with Gasteiger partial charge in [0.1, 0.15) is 5.60 Å². The van der Waals surface area contributed by atoms with Crippen molar-refractivity contribution in [1.29, 1.82) is 0 Å². The van der Waals surface area contributed by atoms with E-state index in [1.54, 1.807) is 20.8 Å². The van der Waals surface area contributed by atoms with Crippen LogP contribution >= 0.6 is 0 Å². The number of nitrogens with one attached hydrogen (secondary N) is 1. The molecular weight excluding hydrogens is 303 g/mol. The van der Waals surface area contributed by atoms with Crippen molar-refractivity contribution in [1.82, 2.24) is 5.32 Å². The molecule has 5 nitrogen and oxygen atoms in total. The van der Waals surface area contributed by atoms with E-state index in [1.807, 2.05) is 0 Å². The van der Waals surface area contributed by atoms with Gasteiger partial charge >= 0.3 is 18.2 Å². The van der Waals surface area contributed by atoms with Gasteiger partial charge in [-0.3, -0.25) is 4.79 Å². The number of hydrogen-bond donors (Lipinski definition) is 2. The first-order valence-electron chi connectivity index (χ1n) is 7.13. The fourth-order valence-electron chi connectivity index (χ4n) is 2.63. The Morgan fingerprint density at radius 3 is 2.36 bits per heavy atom. The zero-order chi connectivity index (χ0) is 17.2. The number of carboxylic acid groups (broad SMARTS) is 1. The van der Waals surface area contributed by atoms with E-state index in [9.17, 15) is 27.9 Å². The van der Waals surface area contributed by atoms with E-state index in [1.165, 1.54) is 0 Å². The summed E-state index contributed by atoms with van der Waals surface area (Å²) < 4.78 is 42.1. The third-order valence-electron chi connectivity index (χ3n) is 3.67. The lowest BCUT2D eigenvalue weighted by atomic mass is 9.81. The summed E-state index contributed by atoms with van der Waals surface area (Å²) in [4.78, 5) is 23.0. The number of amides is 1. The number of alkyl halides is 3. The average Bonchev–Trinajstić information content (AvgIpc) is 2.67. The Kier molecular flexibility index (Phi) is 5.35. The average molecular weight is 325 g/mol. The Hall–Kier alpha value is -1.47. The number of halogens is 3. The Bertz CT molecular complexity index is 431. The maximum Gasteiger partial charge on any atom is 0.407 e. The van der Waals surface area contributed by atoms with E-state index in [-0.39, 0.29) is 12.8 Å². The van der Waals surface area contributed by atoms with Crippen LogP contribution in [-0.4, -0.2) is 35.0 Å². The number of rotatable bonds is 4. The van der Waals surface area contributed by atoms with Gasteiger partial charge in [0.05, 0.1) is 5.41 Å². The van der Waals surface area contributed by atoms with Gasteiger partial charge in [-0.25, -0.2) is 4.79 Å². The monoisotopic (exact) mass is 325 g/mol. The molecule has 0 spiro atoms. The SMILES string of the molecule is CC(C)(C)OC(=O)N[C@@H]1CC[C@](CCC(F)(F)F)(C(=O)O)C1. The second-order valence-corrected chi connectivity index (χ2v) is 6.79. The molecule has 2 atom stereocenters.